The average molecular weight is 531 g/mol. The fourth-order valence-electron chi connectivity index (χ4n) is 2.95. The largest absolute Gasteiger partial charge is 0.457 e. The number of carbonyl (C=O) groups excluding carboxylic acids is 2. The molecule has 9 nitrogen and oxygen atoms in total. The molecule has 0 saturated carbocycles. The van der Waals surface area contributed by atoms with Gasteiger partial charge >= 0.3 is 0 Å². The molecule has 4 rings (SSSR count). The normalized spacial score (nSPS) is 11.7. The van der Waals surface area contributed by atoms with Crippen LogP contribution in [0, 0.1) is 11.6 Å². The Labute approximate surface area is 220 Å². The molecule has 0 aliphatic carbocycles. The third kappa shape index (κ3) is 6.67. The first kappa shape index (κ1) is 22.7. The summed E-state index contributed by atoms with van der Waals surface area (Å²) in [7, 11) is 0. The lowest BCUT2D eigenvalue weighted by atomic mass is 10.2. The third-order valence-corrected chi connectivity index (χ3v) is 4.67. The van der Waals surface area contributed by atoms with Crippen LogP contribution in [0.5, 0.6) is 23.0 Å². The van der Waals surface area contributed by atoms with Gasteiger partial charge in [0.15, 0.2) is 0 Å². The highest BCUT2D eigenvalue weighted by molar-refractivity contribution is 6.03. The predicted molar refractivity (Wildman–Crippen MR) is 134 cm³/mol. The van der Waals surface area contributed by atoms with Gasteiger partial charge in [0.05, 0.1) is 11.4 Å². The molecule has 0 aliphatic heterocycles. The zero-order chi connectivity index (χ0) is 28.2. The summed E-state index contributed by atoms with van der Waals surface area (Å²) in [5, 5.41) is 4.20. The first-order valence-corrected chi connectivity index (χ1v) is 10.2. The molecule has 0 bridgehead atoms. The summed E-state index contributed by atoms with van der Waals surface area (Å²) in [6.07, 6.45) is 2.52. The zero-order valence-electron chi connectivity index (χ0n) is 21.7. The maximum Gasteiger partial charge on any atom is 0.274 e. The lowest BCUT2D eigenvalue weighted by molar-refractivity contribution is 0.0957. The maximum absolute atomic E-state index is 14.7. The minimum Gasteiger partial charge on any atom is -0.457 e. The molecule has 37 heavy (non-hydrogen) atoms. The van der Waals surface area contributed by atoms with Crippen molar-refractivity contribution in [1.82, 2.24) is 15.3 Å². The number of benzene rings is 2. The summed E-state index contributed by atoms with van der Waals surface area (Å²) < 4.78 is 60.8. The van der Waals surface area contributed by atoms with Crippen LogP contribution in [-0.4, -0.2) is 28.8 Å². The van der Waals surface area contributed by atoms with Gasteiger partial charge in [0.1, 0.15) is 46.0 Å². The highest BCUT2D eigenvalue weighted by atomic mass is 35.5. The lowest BCUT2D eigenvalue weighted by Gasteiger charge is -2.11. The molecular weight excluding hydrogens is 508 g/mol. The number of pyridine rings is 2. The van der Waals surface area contributed by atoms with Gasteiger partial charge in [-0.15, -0.1) is 12.4 Å². The number of nitrogens with two attached hydrogens (primary N) is 1. The Hall–Kier alpha value is -4.77. The number of nitrogen functional groups attached to an aromatic ring is 1. The highest BCUT2D eigenvalue weighted by Crippen LogP contribution is 2.27. The number of nitrogens with one attached hydrogen (secondary N) is 2. The first-order chi connectivity index (χ1) is 18.5. The Morgan fingerprint density at radius 2 is 1.35 bits per heavy atom. The molecule has 2 heterocycles. The lowest BCUT2D eigenvalue weighted by Crippen LogP contribution is -2.18. The molecule has 0 aliphatic rings. The van der Waals surface area contributed by atoms with Crippen LogP contribution in [0.1, 0.15) is 25.1 Å². The number of halogens is 3. The van der Waals surface area contributed by atoms with Crippen molar-refractivity contribution < 1.29 is 32.0 Å². The molecule has 190 valence electrons. The second-order valence-corrected chi connectivity index (χ2v) is 7.19. The predicted octanol–water partition coefficient (Wildman–Crippen LogP) is 4.96. The van der Waals surface area contributed by atoms with Crippen molar-refractivity contribution in [3.05, 3.63) is 96.1 Å². The van der Waals surface area contributed by atoms with Crippen LogP contribution in [0.25, 0.3) is 0 Å². The number of anilines is 2. The quantitative estimate of drug-likeness (QED) is 0.288. The van der Waals surface area contributed by atoms with E-state index in [1.54, 1.807) is 5.32 Å². The van der Waals surface area contributed by atoms with Crippen LogP contribution >= 0.6 is 12.4 Å². The van der Waals surface area contributed by atoms with E-state index in [9.17, 15) is 18.4 Å². The number of hydrogen-bond acceptors (Lipinski definition) is 7. The molecule has 4 aromatic rings. The molecule has 0 atom stereocenters. The summed E-state index contributed by atoms with van der Waals surface area (Å²) >= 11 is 0. The highest BCUT2D eigenvalue weighted by Gasteiger charge is 2.14. The SMILES string of the molecule is Cl.[2H]C([2H])([2H])NC(=O)c1cc(Oc2ccc(NC(=O)c3cc(Oc4ccc(N)c(F)c4)ccn3)c(F)c2)ccn1. The fraction of sp³-hybridized carbons (Fsp3) is 0.0400. The van der Waals surface area contributed by atoms with E-state index in [-0.39, 0.29) is 58.2 Å². The van der Waals surface area contributed by atoms with Crippen molar-refractivity contribution in [1.29, 1.82) is 0 Å². The van der Waals surface area contributed by atoms with E-state index in [1.165, 1.54) is 60.9 Å². The molecule has 4 N–H and O–H groups in total. The van der Waals surface area contributed by atoms with E-state index in [0.29, 0.717) is 0 Å². The number of ether oxygens (including phenoxy) is 2. The second kappa shape index (κ2) is 11.8. The Kier molecular flexibility index (Phi) is 7.22. The van der Waals surface area contributed by atoms with Gasteiger partial charge in [-0.25, -0.2) is 8.78 Å². The van der Waals surface area contributed by atoms with E-state index in [4.69, 9.17) is 19.3 Å². The van der Waals surface area contributed by atoms with Crippen LogP contribution < -0.4 is 25.8 Å². The van der Waals surface area contributed by atoms with Crippen molar-refractivity contribution in [2.24, 2.45) is 0 Å². The summed E-state index contributed by atoms with van der Waals surface area (Å²) in [6, 6.07) is 12.8. The van der Waals surface area contributed by atoms with E-state index in [2.05, 4.69) is 15.3 Å². The van der Waals surface area contributed by atoms with Gasteiger partial charge < -0.3 is 25.8 Å². The van der Waals surface area contributed by atoms with Crippen molar-refractivity contribution in [3.8, 4) is 23.0 Å². The summed E-state index contributed by atoms with van der Waals surface area (Å²) in [4.78, 5) is 32.4. The van der Waals surface area contributed by atoms with Crippen molar-refractivity contribution in [2.75, 3.05) is 18.0 Å². The van der Waals surface area contributed by atoms with Gasteiger partial charge in [-0.2, -0.15) is 0 Å². The Balaban J connectivity index is 0.00000441. The van der Waals surface area contributed by atoms with Gasteiger partial charge in [-0.05, 0) is 36.4 Å². The molecule has 0 radical (unpaired) electrons. The van der Waals surface area contributed by atoms with Crippen molar-refractivity contribution in [2.45, 2.75) is 0 Å². The molecule has 2 aromatic heterocycles. The van der Waals surface area contributed by atoms with Gasteiger partial charge in [0.25, 0.3) is 11.8 Å². The number of hydrogen-bond donors (Lipinski definition) is 3. The molecular formula is C25H20ClF2N5O4. The van der Waals surface area contributed by atoms with Gasteiger partial charge in [0, 0.05) is 47.7 Å². The maximum atomic E-state index is 14.7. The minimum absolute atomic E-state index is 0. The topological polar surface area (TPSA) is 128 Å². The molecule has 0 unspecified atom stereocenters. The Bertz CT molecular complexity index is 1560. The fourth-order valence-corrected chi connectivity index (χ4v) is 2.95. The third-order valence-electron chi connectivity index (χ3n) is 4.67. The molecule has 0 saturated heterocycles. The zero-order valence-corrected chi connectivity index (χ0v) is 19.5. The molecule has 2 aromatic carbocycles. The van der Waals surface area contributed by atoms with Gasteiger partial charge in [0.2, 0.25) is 0 Å². The standard InChI is InChI=1S/C25H19F2N5O4.ClH/c1-29-24(33)22-12-16(6-8-30-22)36-15-3-5-21(19(27)11-15)32-25(34)23-13-17(7-9-31-23)35-14-2-4-20(28)18(26)10-14;/h2-13H,28H2,1H3,(H,29,33)(H,32,34);1H/i1D3;. The molecule has 12 heteroatoms. The van der Waals surface area contributed by atoms with E-state index in [1.807, 2.05) is 0 Å². The van der Waals surface area contributed by atoms with Crippen molar-refractivity contribution >= 4 is 35.6 Å². The summed E-state index contributed by atoms with van der Waals surface area (Å²) in [6.45, 7) is -2.70. The Morgan fingerprint density at radius 3 is 1.92 bits per heavy atom. The number of carbonyl (C=O) groups is 2. The molecule has 0 spiro atoms. The van der Waals surface area contributed by atoms with Crippen LogP contribution in [0.2, 0.25) is 0 Å². The number of rotatable bonds is 7. The number of amides is 2. The van der Waals surface area contributed by atoms with Crippen LogP contribution in [0.4, 0.5) is 20.2 Å². The van der Waals surface area contributed by atoms with E-state index < -0.39 is 30.4 Å². The second-order valence-electron chi connectivity index (χ2n) is 7.19. The van der Waals surface area contributed by atoms with E-state index in [0.717, 1.165) is 12.1 Å². The average Bonchev–Trinajstić information content (AvgIpc) is 2.87. The van der Waals surface area contributed by atoms with Gasteiger partial charge in [-0.3, -0.25) is 19.6 Å². The summed E-state index contributed by atoms with van der Waals surface area (Å²) in [5.41, 5.74) is 4.92. The number of nitrogens with zero attached hydrogens (tertiary/aromatic N) is 2. The monoisotopic (exact) mass is 530 g/mol. The van der Waals surface area contributed by atoms with Crippen LogP contribution in [0.15, 0.2) is 73.1 Å². The smallest absolute Gasteiger partial charge is 0.274 e. The first-order valence-electron chi connectivity index (χ1n) is 11.7. The van der Waals surface area contributed by atoms with Crippen molar-refractivity contribution in [3.63, 3.8) is 0 Å². The van der Waals surface area contributed by atoms with Crippen LogP contribution in [0.3, 0.4) is 0 Å². The Morgan fingerprint density at radius 1 is 0.811 bits per heavy atom. The minimum atomic E-state index is -2.70. The van der Waals surface area contributed by atoms with Crippen LogP contribution in [-0.2, 0) is 0 Å². The molecule has 0 fully saturated rings. The number of aromatic nitrogens is 2. The van der Waals surface area contributed by atoms with E-state index >= 15 is 0 Å². The summed E-state index contributed by atoms with van der Waals surface area (Å²) in [5.74, 6) is -2.70. The molecule has 2 amide bonds. The van der Waals surface area contributed by atoms with Gasteiger partial charge in [-0.1, -0.05) is 0 Å².